The minimum atomic E-state index is -0.186. The van der Waals surface area contributed by atoms with Crippen LogP contribution in [-0.4, -0.2) is 25.5 Å². The average Bonchev–Trinajstić information content (AvgIpc) is 2.08. The van der Waals surface area contributed by atoms with E-state index >= 15 is 0 Å². The van der Waals surface area contributed by atoms with E-state index in [1.807, 2.05) is 6.92 Å². The van der Waals surface area contributed by atoms with Crippen LogP contribution in [0.3, 0.4) is 0 Å². The van der Waals surface area contributed by atoms with Crippen LogP contribution in [0.5, 0.6) is 0 Å². The van der Waals surface area contributed by atoms with Gasteiger partial charge < -0.3 is 15.2 Å². The van der Waals surface area contributed by atoms with Crippen molar-refractivity contribution < 1.29 is 9.47 Å². The fourth-order valence-electron chi connectivity index (χ4n) is 1.06. The first kappa shape index (κ1) is 12.9. The lowest BCUT2D eigenvalue weighted by molar-refractivity contribution is -0.0125. The van der Waals surface area contributed by atoms with Crippen LogP contribution in [0.25, 0.3) is 0 Å². The minimum absolute atomic E-state index is 0.186. The molecule has 2 N–H and O–H groups in total. The summed E-state index contributed by atoms with van der Waals surface area (Å²) >= 11 is 0. The van der Waals surface area contributed by atoms with Gasteiger partial charge in [-0.3, -0.25) is 0 Å². The molecule has 0 aliphatic carbocycles. The zero-order chi connectivity index (χ0) is 10.1. The van der Waals surface area contributed by atoms with Gasteiger partial charge in [-0.05, 0) is 20.3 Å². The van der Waals surface area contributed by atoms with Gasteiger partial charge in [0.05, 0.1) is 19.3 Å². The molecule has 80 valence electrons. The molecule has 0 aromatic rings. The van der Waals surface area contributed by atoms with E-state index in [1.54, 1.807) is 0 Å². The highest BCUT2D eigenvalue weighted by Crippen LogP contribution is 2.03. The van der Waals surface area contributed by atoms with Gasteiger partial charge in [-0.1, -0.05) is 19.8 Å². The Morgan fingerprint density at radius 2 is 1.77 bits per heavy atom. The van der Waals surface area contributed by atoms with Crippen LogP contribution in [0, 0.1) is 0 Å². The lowest BCUT2D eigenvalue weighted by Gasteiger charge is -2.13. The second-order valence-electron chi connectivity index (χ2n) is 3.40. The van der Waals surface area contributed by atoms with Gasteiger partial charge in [-0.25, -0.2) is 0 Å². The highest BCUT2D eigenvalue weighted by molar-refractivity contribution is 4.49. The maximum absolute atomic E-state index is 5.51. The summed E-state index contributed by atoms with van der Waals surface area (Å²) in [5, 5.41) is 0. The first-order valence-electron chi connectivity index (χ1n) is 5.15. The number of hydrogen-bond acceptors (Lipinski definition) is 3. The molecule has 0 aliphatic rings. The van der Waals surface area contributed by atoms with Crippen molar-refractivity contribution in [2.75, 3.05) is 13.2 Å². The van der Waals surface area contributed by atoms with Crippen LogP contribution in [0.1, 0.15) is 40.0 Å². The van der Waals surface area contributed by atoms with Gasteiger partial charge >= 0.3 is 0 Å². The van der Waals surface area contributed by atoms with Gasteiger partial charge in [0.15, 0.2) is 0 Å². The van der Waals surface area contributed by atoms with Crippen molar-refractivity contribution in [1.29, 1.82) is 0 Å². The first-order valence-corrected chi connectivity index (χ1v) is 5.15. The molecule has 0 rings (SSSR count). The summed E-state index contributed by atoms with van der Waals surface area (Å²) in [5.41, 5.74) is 5.41. The van der Waals surface area contributed by atoms with E-state index in [0.717, 1.165) is 6.42 Å². The van der Waals surface area contributed by atoms with E-state index in [1.165, 1.54) is 12.8 Å². The van der Waals surface area contributed by atoms with Crippen molar-refractivity contribution in [2.24, 2.45) is 5.73 Å². The van der Waals surface area contributed by atoms with E-state index in [9.17, 15) is 0 Å². The van der Waals surface area contributed by atoms with Crippen molar-refractivity contribution in [3.63, 3.8) is 0 Å². The number of hydrogen-bond donors (Lipinski definition) is 1. The Labute approximate surface area is 81.6 Å². The zero-order valence-corrected chi connectivity index (χ0v) is 9.08. The lowest BCUT2D eigenvalue weighted by Crippen LogP contribution is -2.22. The summed E-state index contributed by atoms with van der Waals surface area (Å²) in [6, 6.07) is 0. The molecule has 2 atom stereocenters. The molecular formula is C10H23NO2. The maximum Gasteiger partial charge on any atom is 0.102 e. The fourth-order valence-corrected chi connectivity index (χ4v) is 1.06. The van der Waals surface area contributed by atoms with Gasteiger partial charge in [0, 0.05) is 0 Å². The second-order valence-corrected chi connectivity index (χ2v) is 3.40. The molecule has 0 aliphatic heterocycles. The van der Waals surface area contributed by atoms with Gasteiger partial charge in [0.2, 0.25) is 0 Å². The third-order valence-corrected chi connectivity index (χ3v) is 1.83. The fraction of sp³-hybridized carbons (Fsp3) is 1.00. The monoisotopic (exact) mass is 189 g/mol. The molecular weight excluding hydrogens is 166 g/mol. The molecule has 3 heteroatoms. The smallest absolute Gasteiger partial charge is 0.102 e. The first-order chi connectivity index (χ1) is 6.16. The van der Waals surface area contributed by atoms with Gasteiger partial charge in [-0.2, -0.15) is 0 Å². The summed E-state index contributed by atoms with van der Waals surface area (Å²) in [4.78, 5) is 0. The summed E-state index contributed by atoms with van der Waals surface area (Å²) in [6.45, 7) is 7.34. The molecule has 0 aromatic heterocycles. The predicted molar refractivity (Wildman–Crippen MR) is 54.5 cm³/mol. The largest absolute Gasteiger partial charge is 0.376 e. The molecule has 0 bridgehead atoms. The summed E-state index contributed by atoms with van der Waals surface area (Å²) < 4.78 is 10.7. The molecule has 2 unspecified atom stereocenters. The third-order valence-electron chi connectivity index (χ3n) is 1.83. The lowest BCUT2D eigenvalue weighted by atomic mass is 10.2. The normalized spacial score (nSPS) is 15.7. The van der Waals surface area contributed by atoms with Gasteiger partial charge in [-0.15, -0.1) is 0 Å². The van der Waals surface area contributed by atoms with E-state index in [4.69, 9.17) is 15.2 Å². The molecule has 0 saturated carbocycles. The number of unbranched alkanes of at least 4 members (excludes halogenated alkanes) is 1. The topological polar surface area (TPSA) is 44.5 Å². The van der Waals surface area contributed by atoms with Crippen LogP contribution < -0.4 is 5.73 Å². The molecule has 0 saturated heterocycles. The van der Waals surface area contributed by atoms with E-state index in [0.29, 0.717) is 19.3 Å². The molecule has 0 heterocycles. The number of ether oxygens (including phenoxy) is 2. The molecule has 0 aromatic carbocycles. The summed E-state index contributed by atoms with van der Waals surface area (Å²) in [7, 11) is 0. The Kier molecular flexibility index (Phi) is 8.40. The Morgan fingerprint density at radius 3 is 2.31 bits per heavy atom. The van der Waals surface area contributed by atoms with Crippen molar-refractivity contribution in [3.8, 4) is 0 Å². The SMILES string of the molecule is CCCCC(C)OCCOC(C)N. The standard InChI is InChI=1S/C10H23NO2/c1-4-5-6-9(2)12-7-8-13-10(3)11/h9-10H,4-8,11H2,1-3H3. The van der Waals surface area contributed by atoms with Crippen molar-refractivity contribution in [1.82, 2.24) is 0 Å². The average molecular weight is 189 g/mol. The van der Waals surface area contributed by atoms with Gasteiger partial charge in [0.1, 0.15) is 6.23 Å². The van der Waals surface area contributed by atoms with E-state index < -0.39 is 0 Å². The molecule has 13 heavy (non-hydrogen) atoms. The highest BCUT2D eigenvalue weighted by Gasteiger charge is 2.01. The zero-order valence-electron chi connectivity index (χ0n) is 9.08. The van der Waals surface area contributed by atoms with Crippen LogP contribution in [0.2, 0.25) is 0 Å². The highest BCUT2D eigenvalue weighted by atomic mass is 16.5. The Morgan fingerprint density at radius 1 is 1.15 bits per heavy atom. The van der Waals surface area contributed by atoms with Crippen LogP contribution in [0.15, 0.2) is 0 Å². The summed E-state index contributed by atoms with van der Waals surface area (Å²) in [5.74, 6) is 0. The molecule has 0 radical (unpaired) electrons. The Hall–Kier alpha value is -0.120. The molecule has 3 nitrogen and oxygen atoms in total. The minimum Gasteiger partial charge on any atom is -0.376 e. The van der Waals surface area contributed by atoms with Crippen LogP contribution in [0.4, 0.5) is 0 Å². The maximum atomic E-state index is 5.51. The van der Waals surface area contributed by atoms with Crippen LogP contribution in [-0.2, 0) is 9.47 Å². The molecule has 0 fully saturated rings. The van der Waals surface area contributed by atoms with Crippen molar-refractivity contribution in [2.45, 2.75) is 52.4 Å². The van der Waals surface area contributed by atoms with Crippen molar-refractivity contribution in [3.05, 3.63) is 0 Å². The van der Waals surface area contributed by atoms with Gasteiger partial charge in [0.25, 0.3) is 0 Å². The van der Waals surface area contributed by atoms with E-state index in [2.05, 4.69) is 13.8 Å². The number of nitrogens with two attached hydrogens (primary N) is 1. The molecule has 0 spiro atoms. The summed E-state index contributed by atoms with van der Waals surface area (Å²) in [6.07, 6.45) is 3.75. The quantitative estimate of drug-likeness (QED) is 0.468. The predicted octanol–water partition coefficient (Wildman–Crippen LogP) is 1.90. The third kappa shape index (κ3) is 9.80. The second kappa shape index (κ2) is 8.48. The number of rotatable bonds is 8. The van der Waals surface area contributed by atoms with Crippen LogP contribution >= 0.6 is 0 Å². The molecule has 0 amide bonds. The van der Waals surface area contributed by atoms with E-state index in [-0.39, 0.29) is 6.23 Å². The Bertz CT molecular complexity index is 107. The van der Waals surface area contributed by atoms with Crippen molar-refractivity contribution >= 4 is 0 Å². The Balaban J connectivity index is 3.12.